The molecule has 0 aromatic heterocycles. The maximum absolute atomic E-state index is 12.9. The maximum atomic E-state index is 12.9. The normalized spacial score (nSPS) is 39.1. The highest BCUT2D eigenvalue weighted by molar-refractivity contribution is 5.82. The molecular formula is C43H58N2O21. The number of amides is 1. The molecule has 3 saturated heterocycles. The van der Waals surface area contributed by atoms with Gasteiger partial charge in [-0.05, 0) is 27.8 Å². The van der Waals surface area contributed by atoms with E-state index in [1.165, 1.54) is 6.08 Å². The summed E-state index contributed by atoms with van der Waals surface area (Å²) in [5.41, 5.74) is 4.06. The number of hydrogen-bond donors (Lipinski definition) is 15. The first-order chi connectivity index (χ1) is 31.6. The van der Waals surface area contributed by atoms with E-state index in [9.17, 15) is 76.0 Å². The van der Waals surface area contributed by atoms with Gasteiger partial charge in [-0.15, -0.1) is 0 Å². The Balaban J connectivity index is 0.908. The number of carbonyl (C=O) groups is 2. The van der Waals surface area contributed by atoms with E-state index >= 15 is 0 Å². The fourth-order valence-corrected chi connectivity index (χ4v) is 9.12. The number of hydrogen-bond acceptors (Lipinski definition) is 22. The van der Waals surface area contributed by atoms with E-state index in [4.69, 9.17) is 28.4 Å². The molecule has 366 valence electrons. The first-order valence-corrected chi connectivity index (χ1v) is 21.5. The van der Waals surface area contributed by atoms with Crippen LogP contribution in [0, 0.1) is 0 Å². The highest BCUT2D eigenvalue weighted by atomic mass is 16.7. The molecule has 0 saturated carbocycles. The molecule has 5 aliphatic rings. The summed E-state index contributed by atoms with van der Waals surface area (Å²) >= 11 is 0. The van der Waals surface area contributed by atoms with Crippen molar-refractivity contribution in [3.05, 3.63) is 71.3 Å². The van der Waals surface area contributed by atoms with Crippen molar-refractivity contribution < 1.29 is 104 Å². The van der Waals surface area contributed by atoms with Crippen LogP contribution in [-0.2, 0) is 38.0 Å². The molecule has 66 heavy (non-hydrogen) atoms. The van der Waals surface area contributed by atoms with Gasteiger partial charge in [-0.3, -0.25) is 9.59 Å². The second-order valence-corrected chi connectivity index (χ2v) is 16.9. The van der Waals surface area contributed by atoms with Crippen LogP contribution in [-0.4, -0.2) is 228 Å². The van der Waals surface area contributed by atoms with Crippen molar-refractivity contribution in [3.8, 4) is 11.1 Å². The molecular weight excluding hydrogens is 880 g/mol. The summed E-state index contributed by atoms with van der Waals surface area (Å²) in [6.07, 6.45) is -29.5. The first kappa shape index (κ1) is 50.2. The number of aliphatic hydroxyl groups excluding tert-OH is 13. The van der Waals surface area contributed by atoms with Gasteiger partial charge >= 0.3 is 5.97 Å². The van der Waals surface area contributed by atoms with Crippen molar-refractivity contribution in [2.45, 2.75) is 135 Å². The molecule has 7 rings (SSSR count). The summed E-state index contributed by atoms with van der Waals surface area (Å²) in [6, 6.07) is 13.0. The van der Waals surface area contributed by atoms with Crippen molar-refractivity contribution in [1.82, 2.24) is 10.6 Å². The van der Waals surface area contributed by atoms with Crippen molar-refractivity contribution >= 4 is 11.9 Å². The fraction of sp³-hybridized carbons (Fsp3) is 0.628. The first-order valence-electron chi connectivity index (χ1n) is 21.5. The van der Waals surface area contributed by atoms with Gasteiger partial charge < -0.3 is 105 Å². The zero-order chi connectivity index (χ0) is 47.6. The third kappa shape index (κ3) is 10.2. The summed E-state index contributed by atoms with van der Waals surface area (Å²) in [4.78, 5) is 25.6. The minimum absolute atomic E-state index is 0.0426. The molecule has 23 heteroatoms. The quantitative estimate of drug-likeness (QED) is 0.0550. The number of aliphatic hydroxyl groups is 13. The molecule has 2 aliphatic carbocycles. The van der Waals surface area contributed by atoms with Crippen LogP contribution in [0.25, 0.3) is 11.1 Å². The Labute approximate surface area is 377 Å². The molecule has 3 heterocycles. The van der Waals surface area contributed by atoms with Crippen molar-refractivity contribution in [1.29, 1.82) is 0 Å². The Morgan fingerprint density at radius 2 is 1.12 bits per heavy atom. The second kappa shape index (κ2) is 21.8. The third-order valence-corrected chi connectivity index (χ3v) is 12.8. The lowest BCUT2D eigenvalue weighted by Crippen LogP contribution is -2.69. The van der Waals surface area contributed by atoms with E-state index in [0.717, 1.165) is 22.3 Å². The lowest BCUT2D eigenvalue weighted by atomic mass is 9.86. The minimum Gasteiger partial charge on any atom is -0.465 e. The SMILES string of the molecule is O=C(CCC(=O)OCC1c2ccccc2-c2ccccc21)NC1OC(CO)[C@H](O[C@@H]2OC(CO)[C@H](O[C@@H]3OC(CO)[C@H](N[C@@H]4C=C(CO)[C@H](O)[C@H](O)C4O)[C@H](O)C3O)[C@H](O)C2O)[C@H](O)C1O. The number of benzene rings is 2. The van der Waals surface area contributed by atoms with Crippen molar-refractivity contribution in [2.75, 3.05) is 33.0 Å². The van der Waals surface area contributed by atoms with Crippen LogP contribution < -0.4 is 10.6 Å². The third-order valence-electron chi connectivity index (χ3n) is 12.8. The monoisotopic (exact) mass is 938 g/mol. The average molecular weight is 939 g/mol. The van der Waals surface area contributed by atoms with Gasteiger partial charge in [-0.2, -0.15) is 0 Å². The predicted octanol–water partition coefficient (Wildman–Crippen LogP) is -6.33. The summed E-state index contributed by atoms with van der Waals surface area (Å²) in [7, 11) is 0. The molecule has 1 amide bonds. The molecule has 3 aliphatic heterocycles. The van der Waals surface area contributed by atoms with Crippen molar-refractivity contribution in [3.63, 3.8) is 0 Å². The number of esters is 1. The Kier molecular flexibility index (Phi) is 16.6. The Morgan fingerprint density at radius 3 is 1.70 bits per heavy atom. The minimum atomic E-state index is -2.06. The van der Waals surface area contributed by atoms with Crippen LogP contribution in [0.3, 0.4) is 0 Å². The lowest BCUT2D eigenvalue weighted by molar-refractivity contribution is -0.369. The average Bonchev–Trinajstić information content (AvgIpc) is 3.64. The van der Waals surface area contributed by atoms with Crippen LogP contribution in [0.5, 0.6) is 0 Å². The van der Waals surface area contributed by atoms with E-state index in [0.29, 0.717) is 0 Å². The molecule has 8 unspecified atom stereocenters. The van der Waals surface area contributed by atoms with Crippen LogP contribution >= 0.6 is 0 Å². The van der Waals surface area contributed by atoms with Crippen molar-refractivity contribution in [2.24, 2.45) is 0 Å². The van der Waals surface area contributed by atoms with E-state index in [-0.39, 0.29) is 30.9 Å². The lowest BCUT2D eigenvalue weighted by Gasteiger charge is -2.49. The number of nitrogens with one attached hydrogen (secondary N) is 2. The highest BCUT2D eigenvalue weighted by Crippen LogP contribution is 2.44. The number of carbonyl (C=O) groups excluding carboxylic acids is 2. The molecule has 0 bridgehead atoms. The van der Waals surface area contributed by atoms with Gasteiger partial charge in [-0.25, -0.2) is 0 Å². The largest absolute Gasteiger partial charge is 0.465 e. The Hall–Kier alpha value is -3.64. The molecule has 0 radical (unpaired) electrons. The summed E-state index contributed by atoms with van der Waals surface area (Å²) in [6.45, 7) is -3.27. The molecule has 3 fully saturated rings. The van der Waals surface area contributed by atoms with Crippen LogP contribution in [0.1, 0.15) is 29.9 Å². The zero-order valence-electron chi connectivity index (χ0n) is 35.3. The van der Waals surface area contributed by atoms with E-state index in [1.54, 1.807) is 0 Å². The van der Waals surface area contributed by atoms with Gasteiger partial charge in [-0.1, -0.05) is 54.6 Å². The summed E-state index contributed by atoms with van der Waals surface area (Å²) in [5.74, 6) is -1.62. The van der Waals surface area contributed by atoms with Gasteiger partial charge in [0.05, 0.1) is 44.9 Å². The van der Waals surface area contributed by atoms with E-state index in [1.807, 2.05) is 48.5 Å². The highest BCUT2D eigenvalue weighted by Gasteiger charge is 2.54. The van der Waals surface area contributed by atoms with E-state index < -0.39 is 155 Å². The fourth-order valence-electron chi connectivity index (χ4n) is 9.12. The molecule has 15 N–H and O–H groups in total. The zero-order valence-corrected chi connectivity index (χ0v) is 35.3. The van der Waals surface area contributed by atoms with Gasteiger partial charge in [0, 0.05) is 12.3 Å². The standard InChI is InChI=1S/C43H58N2O21/c46-12-17-11-23(31(53)33(55)30(17)52)44-29-24(13-47)63-42(37(59)32(29)54)66-40-26(15-49)64-43(38(60)35(40)57)65-39-25(14-48)62-41(36(58)34(39)56)45-27(50)9-10-28(51)61-16-22-20-7-3-1-5-18(20)19-6-2-4-8-21(19)22/h1-8,11,22-26,29-44,46-49,52-60H,9-10,12-16H2,(H,45,50)/t23-,24?,25?,26?,29+,30+,31?,32+,33+,34-,35-,36?,37?,38?,39+,40+,41?,42+,43+/m1/s1. The Morgan fingerprint density at radius 1 is 0.591 bits per heavy atom. The topological polar surface area (TPSA) is 377 Å². The summed E-state index contributed by atoms with van der Waals surface area (Å²) < 4.78 is 34.0. The smallest absolute Gasteiger partial charge is 0.306 e. The predicted molar refractivity (Wildman–Crippen MR) is 219 cm³/mol. The number of fused-ring (bicyclic) bond motifs is 3. The van der Waals surface area contributed by atoms with Crippen LogP contribution in [0.4, 0.5) is 0 Å². The summed E-state index contributed by atoms with van der Waals surface area (Å²) in [5, 5.41) is 143. The van der Waals surface area contributed by atoms with Gasteiger partial charge in [0.1, 0.15) is 92.1 Å². The molecule has 2 aromatic rings. The van der Waals surface area contributed by atoms with Gasteiger partial charge in [0.2, 0.25) is 5.91 Å². The number of rotatable bonds is 16. The molecule has 23 nitrogen and oxygen atoms in total. The Bertz CT molecular complexity index is 1940. The molecule has 2 aromatic carbocycles. The van der Waals surface area contributed by atoms with Gasteiger partial charge in [0.25, 0.3) is 0 Å². The van der Waals surface area contributed by atoms with E-state index in [2.05, 4.69) is 10.6 Å². The maximum Gasteiger partial charge on any atom is 0.306 e. The van der Waals surface area contributed by atoms with Crippen LogP contribution in [0.15, 0.2) is 60.2 Å². The van der Waals surface area contributed by atoms with Crippen LogP contribution in [0.2, 0.25) is 0 Å². The second-order valence-electron chi connectivity index (χ2n) is 16.9. The van der Waals surface area contributed by atoms with Gasteiger partial charge in [0.15, 0.2) is 18.8 Å². The molecule has 0 spiro atoms. The molecule has 19 atom stereocenters. The number of ether oxygens (including phenoxy) is 6.